The minimum Gasteiger partial charge on any atom is -0.480 e. The van der Waals surface area contributed by atoms with Crippen molar-refractivity contribution in [3.05, 3.63) is 29.3 Å². The van der Waals surface area contributed by atoms with Crippen molar-refractivity contribution in [1.82, 2.24) is 9.80 Å². The number of nitrogens with zero attached hydrogens (tertiary/aromatic N) is 2. The minimum absolute atomic E-state index is 0.0209. The Morgan fingerprint density at radius 2 is 2.19 bits per heavy atom. The number of carboxylic acid groups (broad SMARTS) is 1. The summed E-state index contributed by atoms with van der Waals surface area (Å²) < 4.78 is 11.6. The third-order valence-corrected chi connectivity index (χ3v) is 4.51. The Morgan fingerprint density at radius 1 is 1.44 bits per heavy atom. The number of rotatable bonds is 8. The van der Waals surface area contributed by atoms with E-state index in [1.807, 2.05) is 13.8 Å². The van der Waals surface area contributed by atoms with Gasteiger partial charge in [-0.1, -0.05) is 31.5 Å². The lowest BCUT2D eigenvalue weighted by Crippen LogP contribution is -2.53. The number of hydrogen-bond donors (Lipinski definition) is 1. The lowest BCUT2D eigenvalue weighted by molar-refractivity contribution is -0.149. The SMILES string of the molecule is CC(C)C(Oc1cccc(Cl)c1)C(=O)N1CCOC(CN(C)CC(=O)O)C1. The summed E-state index contributed by atoms with van der Waals surface area (Å²) in [5, 5.41) is 9.43. The van der Waals surface area contributed by atoms with Gasteiger partial charge in [-0.05, 0) is 31.2 Å². The van der Waals surface area contributed by atoms with Crippen LogP contribution in [-0.2, 0) is 14.3 Å². The molecule has 1 fully saturated rings. The summed E-state index contributed by atoms with van der Waals surface area (Å²) in [5.74, 6) is -0.455. The topological polar surface area (TPSA) is 79.3 Å². The van der Waals surface area contributed by atoms with Crippen LogP contribution in [0.4, 0.5) is 0 Å². The highest BCUT2D eigenvalue weighted by Gasteiger charge is 2.33. The predicted octanol–water partition coefficient (Wildman–Crippen LogP) is 1.99. The minimum atomic E-state index is -0.893. The number of aliphatic carboxylic acids is 1. The zero-order valence-corrected chi connectivity index (χ0v) is 16.7. The van der Waals surface area contributed by atoms with Crippen molar-refractivity contribution in [2.45, 2.75) is 26.1 Å². The van der Waals surface area contributed by atoms with Crippen molar-refractivity contribution in [2.75, 3.05) is 39.8 Å². The molecule has 8 heteroatoms. The number of morpholine rings is 1. The highest BCUT2D eigenvalue weighted by molar-refractivity contribution is 6.30. The van der Waals surface area contributed by atoms with E-state index in [-0.39, 0.29) is 24.5 Å². The van der Waals surface area contributed by atoms with Crippen molar-refractivity contribution in [1.29, 1.82) is 0 Å². The van der Waals surface area contributed by atoms with E-state index in [9.17, 15) is 9.59 Å². The lowest BCUT2D eigenvalue weighted by atomic mass is 10.0. The van der Waals surface area contributed by atoms with Crippen LogP contribution in [0.1, 0.15) is 13.8 Å². The van der Waals surface area contributed by atoms with Gasteiger partial charge in [-0.2, -0.15) is 0 Å². The largest absolute Gasteiger partial charge is 0.480 e. The number of amides is 1. The van der Waals surface area contributed by atoms with E-state index in [1.165, 1.54) is 0 Å². The number of halogens is 1. The second-order valence-corrected chi connectivity index (χ2v) is 7.54. The standard InChI is InChI=1S/C19H27ClN2O5/c1-13(2)18(27-15-6-4-5-14(20)9-15)19(25)22-7-8-26-16(11-22)10-21(3)12-17(23)24/h4-6,9,13,16,18H,7-8,10-12H2,1-3H3,(H,23,24). The van der Waals surface area contributed by atoms with E-state index in [0.29, 0.717) is 37.0 Å². The molecule has 2 rings (SSSR count). The third-order valence-electron chi connectivity index (χ3n) is 4.28. The van der Waals surface area contributed by atoms with Gasteiger partial charge in [0.05, 0.1) is 19.3 Å². The Hall–Kier alpha value is -1.83. The molecule has 0 aliphatic carbocycles. The molecule has 2 unspecified atom stereocenters. The summed E-state index contributed by atoms with van der Waals surface area (Å²) in [6.45, 7) is 5.56. The van der Waals surface area contributed by atoms with Crippen molar-refractivity contribution in [2.24, 2.45) is 5.92 Å². The number of carbonyl (C=O) groups is 2. The van der Waals surface area contributed by atoms with Crippen LogP contribution in [0.25, 0.3) is 0 Å². The Bertz CT molecular complexity index is 655. The molecule has 27 heavy (non-hydrogen) atoms. The average molecular weight is 399 g/mol. The van der Waals surface area contributed by atoms with Gasteiger partial charge < -0.3 is 19.5 Å². The molecule has 2 atom stereocenters. The van der Waals surface area contributed by atoms with Crippen LogP contribution in [0.2, 0.25) is 5.02 Å². The molecular weight excluding hydrogens is 372 g/mol. The second-order valence-electron chi connectivity index (χ2n) is 7.11. The lowest BCUT2D eigenvalue weighted by Gasteiger charge is -2.37. The Morgan fingerprint density at radius 3 is 2.81 bits per heavy atom. The zero-order chi connectivity index (χ0) is 20.0. The maximum absolute atomic E-state index is 13.0. The molecule has 1 aromatic carbocycles. The molecule has 150 valence electrons. The monoisotopic (exact) mass is 398 g/mol. The maximum atomic E-state index is 13.0. The Balaban J connectivity index is 2.00. The van der Waals surface area contributed by atoms with E-state index in [4.69, 9.17) is 26.2 Å². The zero-order valence-electron chi connectivity index (χ0n) is 15.9. The van der Waals surface area contributed by atoms with Crippen LogP contribution >= 0.6 is 11.6 Å². The first-order chi connectivity index (χ1) is 12.8. The molecule has 1 aliphatic rings. The van der Waals surface area contributed by atoms with Crippen molar-refractivity contribution < 1.29 is 24.2 Å². The fourth-order valence-electron chi connectivity index (χ4n) is 3.01. The molecular formula is C19H27ClN2O5. The van der Waals surface area contributed by atoms with Crippen LogP contribution in [0.15, 0.2) is 24.3 Å². The van der Waals surface area contributed by atoms with Crippen LogP contribution in [0.3, 0.4) is 0 Å². The van der Waals surface area contributed by atoms with Crippen LogP contribution in [0, 0.1) is 5.92 Å². The summed E-state index contributed by atoms with van der Waals surface area (Å²) >= 11 is 6.00. The number of likely N-dealkylation sites (N-methyl/N-ethyl adjacent to an activating group) is 1. The summed E-state index contributed by atoms with van der Waals surface area (Å²) in [6.07, 6.45) is -0.856. The van der Waals surface area contributed by atoms with Crippen molar-refractivity contribution >= 4 is 23.5 Å². The van der Waals surface area contributed by atoms with E-state index in [2.05, 4.69) is 0 Å². The van der Waals surface area contributed by atoms with Gasteiger partial charge in [0.1, 0.15) is 5.75 Å². The van der Waals surface area contributed by atoms with Crippen molar-refractivity contribution in [3.63, 3.8) is 0 Å². The smallest absolute Gasteiger partial charge is 0.317 e. The third kappa shape index (κ3) is 6.68. The molecule has 1 heterocycles. The summed E-state index contributed by atoms with van der Waals surface area (Å²) in [6, 6.07) is 6.99. The first kappa shape index (κ1) is 21.5. The summed E-state index contributed by atoms with van der Waals surface area (Å²) in [7, 11) is 1.72. The molecule has 1 N–H and O–H groups in total. The maximum Gasteiger partial charge on any atom is 0.317 e. The van der Waals surface area contributed by atoms with Crippen LogP contribution in [0.5, 0.6) is 5.75 Å². The number of carbonyl (C=O) groups excluding carboxylic acids is 1. The molecule has 0 saturated carbocycles. The van der Waals surface area contributed by atoms with Gasteiger partial charge >= 0.3 is 5.97 Å². The van der Waals surface area contributed by atoms with Gasteiger partial charge in [0, 0.05) is 24.7 Å². The number of ether oxygens (including phenoxy) is 2. The molecule has 0 radical (unpaired) electrons. The molecule has 1 amide bonds. The number of carboxylic acids is 1. The number of hydrogen-bond acceptors (Lipinski definition) is 5. The summed E-state index contributed by atoms with van der Waals surface area (Å²) in [5.41, 5.74) is 0. The highest BCUT2D eigenvalue weighted by atomic mass is 35.5. The Labute approximate surface area is 164 Å². The van der Waals surface area contributed by atoms with Crippen LogP contribution < -0.4 is 4.74 Å². The molecule has 1 saturated heterocycles. The predicted molar refractivity (Wildman–Crippen MR) is 102 cm³/mol. The first-order valence-electron chi connectivity index (χ1n) is 8.99. The normalized spacial score (nSPS) is 18.6. The molecule has 0 aromatic heterocycles. The van der Waals surface area contributed by atoms with E-state index >= 15 is 0 Å². The average Bonchev–Trinajstić information content (AvgIpc) is 2.58. The molecule has 0 bridgehead atoms. The summed E-state index contributed by atoms with van der Waals surface area (Å²) in [4.78, 5) is 27.3. The quantitative estimate of drug-likeness (QED) is 0.721. The molecule has 1 aliphatic heterocycles. The van der Waals surface area contributed by atoms with E-state index in [1.54, 1.807) is 41.1 Å². The molecule has 7 nitrogen and oxygen atoms in total. The molecule has 0 spiro atoms. The molecule has 1 aromatic rings. The number of benzene rings is 1. The van der Waals surface area contributed by atoms with E-state index in [0.717, 1.165) is 0 Å². The fraction of sp³-hybridized carbons (Fsp3) is 0.579. The fourth-order valence-corrected chi connectivity index (χ4v) is 3.19. The van der Waals surface area contributed by atoms with Gasteiger partial charge in [-0.25, -0.2) is 0 Å². The van der Waals surface area contributed by atoms with Gasteiger partial charge in [-0.3, -0.25) is 14.5 Å². The Kier molecular flexibility index (Phi) is 7.89. The van der Waals surface area contributed by atoms with E-state index < -0.39 is 12.1 Å². The van der Waals surface area contributed by atoms with Gasteiger partial charge in [0.25, 0.3) is 5.91 Å². The first-order valence-corrected chi connectivity index (χ1v) is 9.37. The highest BCUT2D eigenvalue weighted by Crippen LogP contribution is 2.22. The second kappa shape index (κ2) is 9.92. The van der Waals surface area contributed by atoms with Gasteiger partial charge in [0.15, 0.2) is 6.10 Å². The van der Waals surface area contributed by atoms with Crippen LogP contribution in [-0.4, -0.2) is 78.8 Å². The van der Waals surface area contributed by atoms with Gasteiger partial charge in [-0.15, -0.1) is 0 Å². The van der Waals surface area contributed by atoms with Crippen molar-refractivity contribution in [3.8, 4) is 5.75 Å². The van der Waals surface area contributed by atoms with Gasteiger partial charge in [0.2, 0.25) is 0 Å².